The van der Waals surface area contributed by atoms with Crippen LogP contribution in [0.4, 0.5) is 11.4 Å². The summed E-state index contributed by atoms with van der Waals surface area (Å²) in [5, 5.41) is 13.6. The number of methoxy groups -OCH3 is 1. The first-order chi connectivity index (χ1) is 16.9. The van der Waals surface area contributed by atoms with E-state index in [-0.39, 0.29) is 23.0 Å². The van der Waals surface area contributed by atoms with Crippen LogP contribution in [-0.2, 0) is 16.2 Å². The number of hydrogen-bond donors (Lipinski definition) is 1. The Bertz CT molecular complexity index is 1360. The zero-order chi connectivity index (χ0) is 24.9. The number of non-ortho nitro benzene ring substituents is 1. The minimum Gasteiger partial charge on any atom is -0.497 e. The Labute approximate surface area is 205 Å². The number of thiocarbonyl (C=S) groups is 1. The van der Waals surface area contributed by atoms with Gasteiger partial charge >= 0.3 is 0 Å². The SMILES string of the molecule is COc1ccc(/C=C2/C(=O)NC(=S)N(c3ccccc3)C2=O)c(OCc2cccc([N+](=O)[O-])c2)c1. The molecule has 35 heavy (non-hydrogen) atoms. The number of nitro benzene ring substituents is 1. The van der Waals surface area contributed by atoms with Gasteiger partial charge in [0.15, 0.2) is 5.11 Å². The molecule has 1 heterocycles. The van der Waals surface area contributed by atoms with Crippen LogP contribution in [0.3, 0.4) is 0 Å². The molecule has 0 saturated carbocycles. The summed E-state index contributed by atoms with van der Waals surface area (Å²) in [6.45, 7) is 0.0192. The lowest BCUT2D eigenvalue weighted by molar-refractivity contribution is -0.384. The maximum atomic E-state index is 13.2. The highest BCUT2D eigenvalue weighted by Gasteiger charge is 2.34. The number of carbonyl (C=O) groups is 2. The van der Waals surface area contributed by atoms with E-state index in [0.29, 0.717) is 28.3 Å². The lowest BCUT2D eigenvalue weighted by atomic mass is 10.1. The summed E-state index contributed by atoms with van der Waals surface area (Å²) < 4.78 is 11.2. The van der Waals surface area contributed by atoms with Gasteiger partial charge in [0.2, 0.25) is 0 Å². The fourth-order valence-corrected chi connectivity index (χ4v) is 3.71. The number of carbonyl (C=O) groups excluding carboxylic acids is 2. The Kier molecular flexibility index (Phi) is 6.83. The van der Waals surface area contributed by atoms with Gasteiger partial charge in [-0.25, -0.2) is 0 Å². The molecule has 2 amide bonds. The van der Waals surface area contributed by atoms with E-state index in [4.69, 9.17) is 21.7 Å². The first kappa shape index (κ1) is 23.6. The van der Waals surface area contributed by atoms with Crippen LogP contribution in [0.25, 0.3) is 6.08 Å². The first-order valence-corrected chi connectivity index (χ1v) is 10.8. The number of nitrogens with zero attached hydrogens (tertiary/aromatic N) is 2. The van der Waals surface area contributed by atoms with Crippen LogP contribution in [0.15, 0.2) is 78.4 Å². The Hall–Kier alpha value is -4.57. The van der Waals surface area contributed by atoms with E-state index in [2.05, 4.69) is 5.32 Å². The Balaban J connectivity index is 1.67. The predicted molar refractivity (Wildman–Crippen MR) is 133 cm³/mol. The maximum absolute atomic E-state index is 13.2. The molecule has 9 nitrogen and oxygen atoms in total. The van der Waals surface area contributed by atoms with E-state index in [1.165, 1.54) is 30.2 Å². The number of para-hydroxylation sites is 1. The smallest absolute Gasteiger partial charge is 0.270 e. The molecule has 1 N–H and O–H groups in total. The molecular formula is C25H19N3O6S. The van der Waals surface area contributed by atoms with Crippen molar-refractivity contribution in [3.63, 3.8) is 0 Å². The normalized spacial score (nSPS) is 14.6. The Morgan fingerprint density at radius 2 is 1.83 bits per heavy atom. The van der Waals surface area contributed by atoms with E-state index in [1.54, 1.807) is 60.7 Å². The molecule has 1 fully saturated rings. The van der Waals surface area contributed by atoms with Gasteiger partial charge in [0, 0.05) is 23.8 Å². The Morgan fingerprint density at radius 1 is 1.06 bits per heavy atom. The number of amides is 2. The molecule has 0 aromatic heterocycles. The third-order valence-corrected chi connectivity index (χ3v) is 5.44. The average molecular weight is 490 g/mol. The molecule has 0 aliphatic carbocycles. The maximum Gasteiger partial charge on any atom is 0.270 e. The molecule has 0 radical (unpaired) electrons. The van der Waals surface area contributed by atoms with E-state index in [1.807, 2.05) is 0 Å². The summed E-state index contributed by atoms with van der Waals surface area (Å²) in [7, 11) is 1.49. The standard InChI is InChI=1S/C25H19N3O6S/c1-33-20-11-10-17(22(14-20)34-15-16-6-5-9-19(12-16)28(31)32)13-21-23(29)26-25(35)27(24(21)30)18-7-3-2-4-8-18/h2-14H,15H2,1H3,(H,26,29,35)/b21-13-. The minimum atomic E-state index is -0.632. The quantitative estimate of drug-likeness (QED) is 0.175. The third-order valence-electron chi connectivity index (χ3n) is 5.15. The molecule has 0 atom stereocenters. The predicted octanol–water partition coefficient (Wildman–Crippen LogP) is 4.01. The van der Waals surface area contributed by atoms with Gasteiger partial charge in [0.1, 0.15) is 23.7 Å². The molecule has 1 aliphatic heterocycles. The number of ether oxygens (including phenoxy) is 2. The zero-order valence-corrected chi connectivity index (χ0v) is 19.3. The molecule has 10 heteroatoms. The van der Waals surface area contributed by atoms with Crippen molar-refractivity contribution < 1.29 is 24.0 Å². The Morgan fingerprint density at radius 3 is 2.54 bits per heavy atom. The van der Waals surface area contributed by atoms with Crippen molar-refractivity contribution in [1.29, 1.82) is 0 Å². The molecule has 3 aromatic rings. The third kappa shape index (κ3) is 5.17. The lowest BCUT2D eigenvalue weighted by Crippen LogP contribution is -2.54. The number of hydrogen-bond acceptors (Lipinski definition) is 7. The summed E-state index contributed by atoms with van der Waals surface area (Å²) in [6.07, 6.45) is 1.41. The summed E-state index contributed by atoms with van der Waals surface area (Å²) >= 11 is 5.22. The topological polar surface area (TPSA) is 111 Å². The highest BCUT2D eigenvalue weighted by molar-refractivity contribution is 7.80. The summed E-state index contributed by atoms with van der Waals surface area (Å²) in [5.74, 6) is -0.394. The van der Waals surface area contributed by atoms with Crippen LogP contribution in [0, 0.1) is 10.1 Å². The van der Waals surface area contributed by atoms with Crippen molar-refractivity contribution >= 4 is 46.6 Å². The van der Waals surface area contributed by atoms with E-state index < -0.39 is 16.7 Å². The van der Waals surface area contributed by atoms with E-state index >= 15 is 0 Å². The highest BCUT2D eigenvalue weighted by atomic mass is 32.1. The molecule has 0 unspecified atom stereocenters. The van der Waals surface area contributed by atoms with Crippen LogP contribution < -0.4 is 19.7 Å². The summed E-state index contributed by atoms with van der Waals surface area (Å²) in [5.41, 5.74) is 1.35. The fraction of sp³-hybridized carbons (Fsp3) is 0.0800. The number of nitro groups is 1. The average Bonchev–Trinajstić information content (AvgIpc) is 2.86. The summed E-state index contributed by atoms with van der Waals surface area (Å²) in [6, 6.07) is 19.7. The second-order valence-electron chi connectivity index (χ2n) is 7.41. The van der Waals surface area contributed by atoms with E-state index in [0.717, 1.165) is 0 Å². The van der Waals surface area contributed by atoms with E-state index in [9.17, 15) is 19.7 Å². The molecule has 176 valence electrons. The molecule has 1 aliphatic rings. The first-order valence-electron chi connectivity index (χ1n) is 10.4. The summed E-state index contributed by atoms with van der Waals surface area (Å²) in [4.78, 5) is 37.7. The number of benzene rings is 3. The van der Waals surface area contributed by atoms with Gasteiger partial charge in [0.05, 0.1) is 17.7 Å². The van der Waals surface area contributed by atoms with Gasteiger partial charge < -0.3 is 9.47 Å². The van der Waals surface area contributed by atoms with Gasteiger partial charge in [-0.05, 0) is 48.1 Å². The van der Waals surface area contributed by atoms with Gasteiger partial charge in [-0.15, -0.1) is 0 Å². The van der Waals surface area contributed by atoms with Crippen molar-refractivity contribution in [2.24, 2.45) is 0 Å². The number of rotatable bonds is 7. The second kappa shape index (κ2) is 10.1. The second-order valence-corrected chi connectivity index (χ2v) is 7.80. The fourth-order valence-electron chi connectivity index (χ4n) is 3.43. The van der Waals surface area contributed by atoms with Crippen molar-refractivity contribution in [1.82, 2.24) is 5.32 Å². The van der Waals surface area contributed by atoms with Gasteiger partial charge in [-0.2, -0.15) is 0 Å². The van der Waals surface area contributed by atoms with Crippen molar-refractivity contribution in [2.75, 3.05) is 12.0 Å². The molecule has 4 rings (SSSR count). The van der Waals surface area contributed by atoms with Crippen LogP contribution in [-0.4, -0.2) is 29.0 Å². The zero-order valence-electron chi connectivity index (χ0n) is 18.5. The van der Waals surface area contributed by atoms with Crippen LogP contribution >= 0.6 is 12.2 Å². The molecule has 0 spiro atoms. The van der Waals surface area contributed by atoms with Gasteiger partial charge in [-0.3, -0.25) is 29.9 Å². The van der Waals surface area contributed by atoms with Crippen LogP contribution in [0.2, 0.25) is 0 Å². The highest BCUT2D eigenvalue weighted by Crippen LogP contribution is 2.30. The monoisotopic (exact) mass is 489 g/mol. The minimum absolute atomic E-state index is 0.0137. The largest absolute Gasteiger partial charge is 0.497 e. The van der Waals surface area contributed by atoms with Crippen molar-refractivity contribution in [3.05, 3.63) is 99.6 Å². The van der Waals surface area contributed by atoms with Crippen LogP contribution in [0.1, 0.15) is 11.1 Å². The number of anilines is 1. The lowest BCUT2D eigenvalue weighted by Gasteiger charge is -2.29. The number of nitrogens with one attached hydrogen (secondary N) is 1. The molecule has 0 bridgehead atoms. The molecule has 1 saturated heterocycles. The molecule has 3 aromatic carbocycles. The van der Waals surface area contributed by atoms with Crippen LogP contribution in [0.5, 0.6) is 11.5 Å². The van der Waals surface area contributed by atoms with Crippen molar-refractivity contribution in [2.45, 2.75) is 6.61 Å². The van der Waals surface area contributed by atoms with Crippen molar-refractivity contribution in [3.8, 4) is 11.5 Å². The van der Waals surface area contributed by atoms with Gasteiger partial charge in [-0.1, -0.05) is 30.3 Å². The molecular weight excluding hydrogens is 470 g/mol. The van der Waals surface area contributed by atoms with Gasteiger partial charge in [0.25, 0.3) is 17.5 Å².